The molecule has 194 valence electrons. The van der Waals surface area contributed by atoms with Crippen molar-refractivity contribution in [1.29, 1.82) is 0 Å². The molecule has 0 amide bonds. The summed E-state index contributed by atoms with van der Waals surface area (Å²) >= 11 is 0. The van der Waals surface area contributed by atoms with Crippen molar-refractivity contribution in [1.82, 2.24) is 9.55 Å². The molecule has 0 unspecified atom stereocenters. The van der Waals surface area contributed by atoms with E-state index in [1.54, 1.807) is 6.20 Å². The highest BCUT2D eigenvalue weighted by atomic mass is 16.5. The molecule has 7 rings (SSSR count). The summed E-state index contributed by atoms with van der Waals surface area (Å²) in [5.41, 5.74) is 7.61. The zero-order chi connectivity index (χ0) is 27.2. The first-order valence-corrected chi connectivity index (χ1v) is 13.3. The molecule has 40 heavy (non-hydrogen) atoms. The summed E-state index contributed by atoms with van der Waals surface area (Å²) < 4.78 is 17.0. The number of ether oxygens (including phenoxy) is 1. The Morgan fingerprint density at radius 2 is 1.50 bits per heavy atom. The van der Waals surface area contributed by atoms with E-state index in [-0.39, 0.29) is 7.05 Å². The van der Waals surface area contributed by atoms with Crippen molar-refractivity contribution in [2.75, 3.05) is 4.81 Å². The number of aryl methyl sites for hydroxylation is 3. The molecule has 0 bridgehead atoms. The number of imidazole rings is 1. The molecule has 0 saturated heterocycles. The largest absolute Gasteiger partial charge is 0.535 e. The molecule has 0 aliphatic carbocycles. The maximum atomic E-state index is 6.50. The Morgan fingerprint density at radius 3 is 2.30 bits per heavy atom. The van der Waals surface area contributed by atoms with Gasteiger partial charge in [-0.3, -0.25) is 0 Å². The van der Waals surface area contributed by atoms with E-state index < -0.39 is 0 Å². The van der Waals surface area contributed by atoms with Gasteiger partial charge >= 0.3 is 7.05 Å². The van der Waals surface area contributed by atoms with Crippen LogP contribution in [0.25, 0.3) is 16.7 Å². The highest BCUT2D eigenvalue weighted by Gasteiger charge is 2.42. The van der Waals surface area contributed by atoms with Crippen molar-refractivity contribution in [3.63, 3.8) is 0 Å². The minimum atomic E-state index is -0.331. The highest BCUT2D eigenvalue weighted by molar-refractivity contribution is 6.75. The van der Waals surface area contributed by atoms with E-state index in [9.17, 15) is 0 Å². The Morgan fingerprint density at radius 1 is 0.800 bits per heavy atom. The molecule has 6 nitrogen and oxygen atoms in total. The lowest BCUT2D eigenvalue weighted by Gasteiger charge is -2.24. The molecule has 0 spiro atoms. The van der Waals surface area contributed by atoms with E-state index in [1.807, 2.05) is 72.3 Å². The lowest BCUT2D eigenvalue weighted by atomic mass is 9.67. The third kappa shape index (κ3) is 4.07. The van der Waals surface area contributed by atoms with Gasteiger partial charge in [0.1, 0.15) is 17.2 Å². The van der Waals surface area contributed by atoms with E-state index in [0.29, 0.717) is 0 Å². The summed E-state index contributed by atoms with van der Waals surface area (Å²) in [7, 11) is 1.67. The Labute approximate surface area is 233 Å². The van der Waals surface area contributed by atoms with Gasteiger partial charge in [0.25, 0.3) is 0 Å². The molecule has 4 aromatic carbocycles. The van der Waals surface area contributed by atoms with Gasteiger partial charge < -0.3 is 23.3 Å². The lowest BCUT2D eigenvalue weighted by molar-refractivity contribution is -0.649. The molecular weight excluding hydrogens is 495 g/mol. The number of hydrogen-bond acceptors (Lipinski definition) is 4. The first kappa shape index (κ1) is 24.0. The molecule has 0 fully saturated rings. The predicted molar refractivity (Wildman–Crippen MR) is 158 cm³/mol. The van der Waals surface area contributed by atoms with Crippen LogP contribution >= 0.6 is 0 Å². The third-order valence-corrected chi connectivity index (χ3v) is 7.38. The molecule has 2 aromatic heterocycles. The van der Waals surface area contributed by atoms with Crippen LogP contribution in [-0.2, 0) is 7.05 Å². The maximum absolute atomic E-state index is 6.50. The van der Waals surface area contributed by atoms with Crippen molar-refractivity contribution in [2.45, 2.75) is 13.8 Å². The highest BCUT2D eigenvalue weighted by Crippen LogP contribution is 2.40. The smallest absolute Gasteiger partial charge is 0.526 e. The second kappa shape index (κ2) is 9.61. The average molecular weight is 522 g/mol. The summed E-state index contributed by atoms with van der Waals surface area (Å²) in [6, 6.07) is 34.6. The normalized spacial score (nSPS) is 12.5. The number of hydrogen-bond donors (Lipinski definition) is 0. The van der Waals surface area contributed by atoms with Crippen molar-refractivity contribution in [3.8, 4) is 22.9 Å². The summed E-state index contributed by atoms with van der Waals surface area (Å²) in [4.78, 5) is 6.84. The lowest BCUT2D eigenvalue weighted by Crippen LogP contribution is -2.49. The number of nitrogens with zero attached hydrogens (tertiary/aromatic N) is 4. The molecule has 0 saturated carbocycles. The van der Waals surface area contributed by atoms with Crippen LogP contribution in [0.5, 0.6) is 17.2 Å². The number of fused-ring (bicyclic) bond motifs is 2. The van der Waals surface area contributed by atoms with Gasteiger partial charge in [-0.25, -0.2) is 4.98 Å². The van der Waals surface area contributed by atoms with Gasteiger partial charge in [-0.05, 0) is 55.7 Å². The second-order valence-electron chi connectivity index (χ2n) is 10.1. The molecule has 3 heterocycles. The molecule has 7 heteroatoms. The van der Waals surface area contributed by atoms with Crippen LogP contribution in [0.3, 0.4) is 0 Å². The number of anilines is 2. The number of pyridine rings is 1. The van der Waals surface area contributed by atoms with Crippen molar-refractivity contribution in [3.05, 3.63) is 127 Å². The van der Waals surface area contributed by atoms with Crippen LogP contribution in [0.1, 0.15) is 11.1 Å². The summed E-state index contributed by atoms with van der Waals surface area (Å²) in [5, 5.41) is 0. The first-order chi connectivity index (χ1) is 19.6. The minimum absolute atomic E-state index is 0.331. The first-order valence-electron chi connectivity index (χ1n) is 13.3. The molecule has 0 atom stereocenters. The fraction of sp³-hybridized carbons (Fsp3) is 0.0909. The van der Waals surface area contributed by atoms with Crippen molar-refractivity contribution in [2.24, 2.45) is 7.05 Å². The summed E-state index contributed by atoms with van der Waals surface area (Å²) in [6.45, 7) is 4.25. The number of para-hydroxylation sites is 2. The number of benzene rings is 4. The zero-order valence-electron chi connectivity index (χ0n) is 22.6. The fourth-order valence-electron chi connectivity index (χ4n) is 5.51. The van der Waals surface area contributed by atoms with Gasteiger partial charge in [-0.1, -0.05) is 71.8 Å². The summed E-state index contributed by atoms with van der Waals surface area (Å²) in [6.07, 6.45) is 5.20. The predicted octanol–water partition coefficient (Wildman–Crippen LogP) is 5.99. The quantitative estimate of drug-likeness (QED) is 0.159. The SMILES string of the molecule is Cc1cccc(C)c1B1Oc2cccnc2N1c1cccc(Oc2cccc(-n3[c-][n+](C)c4ccccc43)c2)c1. The summed E-state index contributed by atoms with van der Waals surface area (Å²) in [5.74, 6) is 3.02. The Kier molecular flexibility index (Phi) is 5.78. The fourth-order valence-corrected chi connectivity index (χ4v) is 5.51. The number of rotatable bonds is 5. The van der Waals surface area contributed by atoms with E-state index in [1.165, 1.54) is 11.1 Å². The maximum Gasteiger partial charge on any atom is 0.526 e. The molecule has 1 aliphatic heterocycles. The van der Waals surface area contributed by atoms with Crippen LogP contribution in [0.15, 0.2) is 109 Å². The van der Waals surface area contributed by atoms with Crippen LogP contribution in [-0.4, -0.2) is 16.6 Å². The van der Waals surface area contributed by atoms with Gasteiger partial charge in [0.15, 0.2) is 5.82 Å². The topological polar surface area (TPSA) is 43.4 Å². The van der Waals surface area contributed by atoms with Gasteiger partial charge in [-0.2, -0.15) is 0 Å². The molecule has 6 aromatic rings. The average Bonchev–Trinajstić information content (AvgIpc) is 3.51. The van der Waals surface area contributed by atoms with Crippen LogP contribution in [0.4, 0.5) is 11.5 Å². The Hall–Kier alpha value is -5.04. The van der Waals surface area contributed by atoms with Crippen molar-refractivity contribution < 1.29 is 14.0 Å². The van der Waals surface area contributed by atoms with E-state index in [0.717, 1.165) is 50.9 Å². The van der Waals surface area contributed by atoms with E-state index in [2.05, 4.69) is 77.0 Å². The Bertz CT molecular complexity index is 1860. The van der Waals surface area contributed by atoms with Crippen LogP contribution in [0, 0.1) is 20.2 Å². The standard InChI is InChI=1S/C33H27BN4O2/c1-23-10-6-11-24(2)32(23)34-38(33-31(40-34)18-9-19-35-33)26-13-8-15-28(21-26)39-27-14-7-12-25(20-27)37-22-36(3)29-16-4-5-17-30(29)37/h4-21H,1-3H3. The molecule has 1 aliphatic rings. The van der Waals surface area contributed by atoms with Crippen LogP contribution in [0.2, 0.25) is 0 Å². The van der Waals surface area contributed by atoms with Gasteiger partial charge in [-0.15, -0.1) is 0 Å². The molecule has 0 N–H and O–H groups in total. The van der Waals surface area contributed by atoms with Crippen molar-refractivity contribution >= 4 is 35.1 Å². The molecule has 0 radical (unpaired) electrons. The monoisotopic (exact) mass is 522 g/mol. The number of aromatic nitrogens is 3. The van der Waals surface area contributed by atoms with Gasteiger partial charge in [0, 0.05) is 18.0 Å². The molecular formula is C33H27BN4O2. The van der Waals surface area contributed by atoms with E-state index in [4.69, 9.17) is 9.39 Å². The Balaban J connectivity index is 1.25. The zero-order valence-corrected chi connectivity index (χ0v) is 22.6. The van der Waals surface area contributed by atoms with E-state index >= 15 is 0 Å². The third-order valence-electron chi connectivity index (χ3n) is 7.38. The van der Waals surface area contributed by atoms with Gasteiger partial charge in [0.2, 0.25) is 6.33 Å². The van der Waals surface area contributed by atoms with Gasteiger partial charge in [0.05, 0.1) is 23.8 Å². The minimum Gasteiger partial charge on any atom is -0.535 e. The second-order valence-corrected chi connectivity index (χ2v) is 10.1. The van der Waals surface area contributed by atoms with Crippen LogP contribution < -0.4 is 24.2 Å².